The van der Waals surface area contributed by atoms with Gasteiger partial charge in [0.2, 0.25) is 0 Å². The summed E-state index contributed by atoms with van der Waals surface area (Å²) in [4.78, 5) is 12.0. The number of hydrogen-bond donors (Lipinski definition) is 2. The number of carbonyl (C=O) groups is 1. The van der Waals surface area contributed by atoms with E-state index in [1.165, 1.54) is 0 Å². The van der Waals surface area contributed by atoms with Gasteiger partial charge in [-0.1, -0.05) is 41.4 Å². The normalized spacial score (nSPS) is 10.2. The average molecular weight is 295 g/mol. The number of rotatable bonds is 3. The van der Waals surface area contributed by atoms with Crippen molar-refractivity contribution in [2.75, 3.05) is 5.73 Å². The summed E-state index contributed by atoms with van der Waals surface area (Å²) in [5.74, 6) is -0.278. The molecule has 0 radical (unpaired) electrons. The third-order valence-electron chi connectivity index (χ3n) is 2.66. The van der Waals surface area contributed by atoms with Crippen molar-refractivity contribution in [1.29, 1.82) is 0 Å². The molecular formula is C14H12Cl2N2O. The first kappa shape index (κ1) is 13.7. The summed E-state index contributed by atoms with van der Waals surface area (Å²) in [7, 11) is 0. The summed E-state index contributed by atoms with van der Waals surface area (Å²) in [5.41, 5.74) is 7.34. The highest BCUT2D eigenvalue weighted by atomic mass is 35.5. The van der Waals surface area contributed by atoms with Crippen molar-refractivity contribution in [2.45, 2.75) is 6.54 Å². The first-order valence-electron chi connectivity index (χ1n) is 5.64. The molecule has 0 aromatic heterocycles. The molecule has 2 aromatic rings. The van der Waals surface area contributed by atoms with Crippen LogP contribution in [0.25, 0.3) is 0 Å². The zero-order chi connectivity index (χ0) is 13.8. The van der Waals surface area contributed by atoms with Crippen LogP contribution in [0.2, 0.25) is 10.0 Å². The molecule has 0 saturated carbocycles. The topological polar surface area (TPSA) is 55.1 Å². The van der Waals surface area contributed by atoms with Crippen LogP contribution in [0.4, 0.5) is 5.69 Å². The van der Waals surface area contributed by atoms with E-state index in [2.05, 4.69) is 5.32 Å². The predicted octanol–water partition coefficient (Wildman–Crippen LogP) is 3.51. The lowest BCUT2D eigenvalue weighted by Crippen LogP contribution is -2.23. The third-order valence-corrected chi connectivity index (χ3v) is 3.26. The lowest BCUT2D eigenvalue weighted by atomic mass is 10.1. The highest BCUT2D eigenvalue weighted by Gasteiger charge is 2.10. The number of nitrogens with one attached hydrogen (secondary N) is 1. The van der Waals surface area contributed by atoms with E-state index in [1.54, 1.807) is 24.3 Å². The van der Waals surface area contributed by atoms with Crippen LogP contribution in [0.5, 0.6) is 0 Å². The number of anilines is 1. The Hall–Kier alpha value is -1.71. The van der Waals surface area contributed by atoms with E-state index in [4.69, 9.17) is 28.9 Å². The first-order chi connectivity index (χ1) is 9.08. The fourth-order valence-electron chi connectivity index (χ4n) is 1.64. The van der Waals surface area contributed by atoms with Gasteiger partial charge < -0.3 is 11.1 Å². The minimum absolute atomic E-state index is 0.278. The SMILES string of the molecule is Nc1ccc(Cl)cc1C(=O)NCc1ccccc1Cl. The van der Waals surface area contributed by atoms with Gasteiger partial charge in [-0.2, -0.15) is 0 Å². The van der Waals surface area contributed by atoms with Crippen LogP contribution in [0.1, 0.15) is 15.9 Å². The Kier molecular flexibility index (Phi) is 4.30. The van der Waals surface area contributed by atoms with Gasteiger partial charge in [-0.15, -0.1) is 0 Å². The molecule has 3 N–H and O–H groups in total. The summed E-state index contributed by atoms with van der Waals surface area (Å²) in [6, 6.07) is 12.1. The minimum atomic E-state index is -0.278. The van der Waals surface area contributed by atoms with Gasteiger partial charge in [0.05, 0.1) is 5.56 Å². The van der Waals surface area contributed by atoms with Gasteiger partial charge in [-0.05, 0) is 29.8 Å². The van der Waals surface area contributed by atoms with E-state index in [9.17, 15) is 4.79 Å². The molecule has 0 spiro atoms. The van der Waals surface area contributed by atoms with Crippen LogP contribution < -0.4 is 11.1 Å². The number of halogens is 2. The number of nitrogens with two attached hydrogens (primary N) is 1. The molecule has 0 aliphatic carbocycles. The Bertz CT molecular complexity index is 614. The van der Waals surface area contributed by atoms with Gasteiger partial charge in [-0.25, -0.2) is 0 Å². The lowest BCUT2D eigenvalue weighted by Gasteiger charge is -2.09. The summed E-state index contributed by atoms with van der Waals surface area (Å²) >= 11 is 11.9. The van der Waals surface area contributed by atoms with E-state index in [1.807, 2.05) is 18.2 Å². The molecule has 0 bridgehead atoms. The van der Waals surface area contributed by atoms with Crippen molar-refractivity contribution in [3.63, 3.8) is 0 Å². The molecule has 0 aliphatic rings. The van der Waals surface area contributed by atoms with Crippen molar-refractivity contribution in [3.8, 4) is 0 Å². The second-order valence-electron chi connectivity index (χ2n) is 4.01. The molecule has 0 unspecified atom stereocenters. The Morgan fingerprint density at radius 3 is 2.63 bits per heavy atom. The molecular weight excluding hydrogens is 283 g/mol. The summed E-state index contributed by atoms with van der Waals surface area (Å²) in [6.45, 7) is 0.338. The van der Waals surface area contributed by atoms with Gasteiger partial charge >= 0.3 is 0 Å². The second kappa shape index (κ2) is 5.95. The Morgan fingerprint density at radius 2 is 1.89 bits per heavy atom. The monoisotopic (exact) mass is 294 g/mol. The molecule has 0 heterocycles. The fourth-order valence-corrected chi connectivity index (χ4v) is 2.01. The molecule has 0 saturated heterocycles. The molecule has 0 atom stereocenters. The average Bonchev–Trinajstić information content (AvgIpc) is 2.40. The second-order valence-corrected chi connectivity index (χ2v) is 4.85. The van der Waals surface area contributed by atoms with Gasteiger partial charge in [0.1, 0.15) is 0 Å². The van der Waals surface area contributed by atoms with Crippen LogP contribution in [0.15, 0.2) is 42.5 Å². The Labute approximate surface area is 121 Å². The van der Waals surface area contributed by atoms with Gasteiger partial charge in [0.15, 0.2) is 0 Å². The fraction of sp³-hybridized carbons (Fsp3) is 0.0714. The maximum Gasteiger partial charge on any atom is 0.253 e. The van der Waals surface area contributed by atoms with E-state index in [-0.39, 0.29) is 5.91 Å². The molecule has 2 rings (SSSR count). The quantitative estimate of drug-likeness (QED) is 0.851. The Morgan fingerprint density at radius 1 is 1.16 bits per heavy atom. The zero-order valence-electron chi connectivity index (χ0n) is 9.99. The number of amides is 1. The van der Waals surface area contributed by atoms with Crippen molar-refractivity contribution < 1.29 is 4.79 Å². The van der Waals surface area contributed by atoms with Crippen LogP contribution in [-0.4, -0.2) is 5.91 Å². The first-order valence-corrected chi connectivity index (χ1v) is 6.40. The molecule has 3 nitrogen and oxygen atoms in total. The van der Waals surface area contributed by atoms with Crippen LogP contribution >= 0.6 is 23.2 Å². The highest BCUT2D eigenvalue weighted by Crippen LogP contribution is 2.18. The number of hydrogen-bond acceptors (Lipinski definition) is 2. The van der Waals surface area contributed by atoms with Crippen molar-refractivity contribution in [2.24, 2.45) is 0 Å². The van der Waals surface area contributed by atoms with Crippen LogP contribution in [0, 0.1) is 0 Å². The van der Waals surface area contributed by atoms with Gasteiger partial charge in [0, 0.05) is 22.3 Å². The summed E-state index contributed by atoms with van der Waals surface area (Å²) in [5, 5.41) is 3.84. The summed E-state index contributed by atoms with van der Waals surface area (Å²) < 4.78 is 0. The molecule has 19 heavy (non-hydrogen) atoms. The number of benzene rings is 2. The van der Waals surface area contributed by atoms with E-state index in [0.717, 1.165) is 5.56 Å². The Balaban J connectivity index is 2.10. The van der Waals surface area contributed by atoms with Crippen molar-refractivity contribution >= 4 is 34.8 Å². The van der Waals surface area contributed by atoms with Crippen molar-refractivity contribution in [1.82, 2.24) is 5.32 Å². The van der Waals surface area contributed by atoms with E-state index in [0.29, 0.717) is 27.8 Å². The third kappa shape index (κ3) is 3.40. The zero-order valence-corrected chi connectivity index (χ0v) is 11.5. The largest absolute Gasteiger partial charge is 0.398 e. The van der Waals surface area contributed by atoms with Crippen LogP contribution in [0.3, 0.4) is 0 Å². The standard InChI is InChI=1S/C14H12Cl2N2O/c15-10-5-6-13(17)11(7-10)14(19)18-8-9-3-1-2-4-12(9)16/h1-7H,8,17H2,(H,18,19). The number of nitrogen functional groups attached to an aromatic ring is 1. The highest BCUT2D eigenvalue weighted by molar-refractivity contribution is 6.31. The van der Waals surface area contributed by atoms with Gasteiger partial charge in [0.25, 0.3) is 5.91 Å². The molecule has 2 aromatic carbocycles. The minimum Gasteiger partial charge on any atom is -0.398 e. The molecule has 98 valence electrons. The molecule has 0 aliphatic heterocycles. The smallest absolute Gasteiger partial charge is 0.253 e. The molecule has 5 heteroatoms. The predicted molar refractivity (Wildman–Crippen MR) is 78.5 cm³/mol. The maximum absolute atomic E-state index is 12.0. The van der Waals surface area contributed by atoms with Gasteiger partial charge in [-0.3, -0.25) is 4.79 Å². The molecule has 0 fully saturated rings. The maximum atomic E-state index is 12.0. The lowest BCUT2D eigenvalue weighted by molar-refractivity contribution is 0.0952. The van der Waals surface area contributed by atoms with Crippen molar-refractivity contribution in [3.05, 3.63) is 63.6 Å². The van der Waals surface area contributed by atoms with E-state index >= 15 is 0 Å². The van der Waals surface area contributed by atoms with E-state index < -0.39 is 0 Å². The van der Waals surface area contributed by atoms with Crippen LogP contribution in [-0.2, 0) is 6.54 Å². The molecule has 1 amide bonds. The summed E-state index contributed by atoms with van der Waals surface area (Å²) in [6.07, 6.45) is 0. The number of carbonyl (C=O) groups excluding carboxylic acids is 1.